The first kappa shape index (κ1) is 9.35. The Morgan fingerprint density at radius 3 is 2.79 bits per heavy atom. The molecule has 0 saturated carbocycles. The van der Waals surface area contributed by atoms with Crippen LogP contribution >= 0.6 is 11.6 Å². The van der Waals surface area contributed by atoms with E-state index < -0.39 is 0 Å². The van der Waals surface area contributed by atoms with E-state index in [9.17, 15) is 0 Å². The van der Waals surface area contributed by atoms with E-state index in [4.69, 9.17) is 17.3 Å². The van der Waals surface area contributed by atoms with Gasteiger partial charge in [0.1, 0.15) is 0 Å². The molecule has 2 aromatic rings. The average molecular weight is 206 g/mol. The molecule has 0 spiro atoms. The molecule has 0 radical (unpaired) electrons. The van der Waals surface area contributed by atoms with Crippen LogP contribution in [0.4, 0.5) is 5.69 Å². The van der Waals surface area contributed by atoms with Crippen molar-refractivity contribution in [1.82, 2.24) is 0 Å². The van der Waals surface area contributed by atoms with E-state index in [1.807, 2.05) is 30.3 Å². The molecule has 0 bridgehead atoms. The maximum Gasteiger partial charge on any atom is 0.0487 e. The molecule has 0 atom stereocenters. The fraction of sp³-hybridized carbons (Fsp3) is 0.167. The lowest BCUT2D eigenvalue weighted by Gasteiger charge is -2.07. The molecule has 72 valence electrons. The van der Waals surface area contributed by atoms with Gasteiger partial charge in [0.15, 0.2) is 0 Å². The Labute approximate surface area is 88.5 Å². The van der Waals surface area contributed by atoms with E-state index in [0.29, 0.717) is 0 Å². The minimum Gasteiger partial charge on any atom is -0.399 e. The van der Waals surface area contributed by atoms with Gasteiger partial charge < -0.3 is 5.73 Å². The highest BCUT2D eigenvalue weighted by Gasteiger charge is 2.04. The summed E-state index contributed by atoms with van der Waals surface area (Å²) in [5, 5.41) is 3.06. The van der Waals surface area contributed by atoms with Gasteiger partial charge in [-0.05, 0) is 35.6 Å². The molecule has 0 heterocycles. The second-order valence-corrected chi connectivity index (χ2v) is 3.78. The first-order chi connectivity index (χ1) is 6.72. The van der Waals surface area contributed by atoms with Crippen LogP contribution in [0.3, 0.4) is 0 Å². The minimum atomic E-state index is 0.802. The number of fused-ring (bicyclic) bond motifs is 1. The van der Waals surface area contributed by atoms with Crippen molar-refractivity contribution in [3.05, 3.63) is 40.9 Å². The van der Waals surface area contributed by atoms with Crippen molar-refractivity contribution in [1.29, 1.82) is 0 Å². The van der Waals surface area contributed by atoms with Gasteiger partial charge in [-0.3, -0.25) is 0 Å². The van der Waals surface area contributed by atoms with E-state index in [-0.39, 0.29) is 0 Å². The fourth-order valence-corrected chi connectivity index (χ4v) is 2.08. The van der Waals surface area contributed by atoms with Crippen LogP contribution in [0.15, 0.2) is 30.3 Å². The molecule has 0 aromatic heterocycles. The number of nitrogen functional groups attached to an aromatic ring is 1. The predicted octanol–water partition coefficient (Wildman–Crippen LogP) is 3.64. The molecule has 0 aliphatic heterocycles. The van der Waals surface area contributed by atoms with Crippen molar-refractivity contribution in [2.45, 2.75) is 13.3 Å². The second kappa shape index (κ2) is 3.50. The molecule has 2 aromatic carbocycles. The molecular formula is C12H12ClN. The Morgan fingerprint density at radius 1 is 1.29 bits per heavy atom. The van der Waals surface area contributed by atoms with Crippen molar-refractivity contribution in [3.8, 4) is 0 Å². The number of hydrogen-bond acceptors (Lipinski definition) is 1. The lowest BCUT2D eigenvalue weighted by Crippen LogP contribution is -1.90. The Morgan fingerprint density at radius 2 is 2.07 bits per heavy atom. The Bertz CT molecular complexity index is 477. The largest absolute Gasteiger partial charge is 0.399 e. The third-order valence-corrected chi connectivity index (χ3v) is 2.73. The van der Waals surface area contributed by atoms with Crippen LogP contribution in [-0.4, -0.2) is 0 Å². The van der Waals surface area contributed by atoms with Crippen molar-refractivity contribution in [2.24, 2.45) is 0 Å². The molecule has 2 N–H and O–H groups in total. The van der Waals surface area contributed by atoms with Crippen LogP contribution in [-0.2, 0) is 6.42 Å². The summed E-state index contributed by atoms with van der Waals surface area (Å²) in [6, 6.07) is 9.86. The van der Waals surface area contributed by atoms with Crippen LogP contribution in [0.25, 0.3) is 10.8 Å². The van der Waals surface area contributed by atoms with E-state index in [1.54, 1.807) is 0 Å². The number of anilines is 1. The highest BCUT2D eigenvalue weighted by atomic mass is 35.5. The van der Waals surface area contributed by atoms with Gasteiger partial charge in [-0.15, -0.1) is 0 Å². The smallest absolute Gasteiger partial charge is 0.0487 e. The monoisotopic (exact) mass is 205 g/mol. The molecule has 0 amide bonds. The van der Waals surface area contributed by atoms with Crippen molar-refractivity contribution in [2.75, 3.05) is 5.73 Å². The molecule has 0 fully saturated rings. The highest BCUT2D eigenvalue weighted by Crippen LogP contribution is 2.29. The highest BCUT2D eigenvalue weighted by molar-refractivity contribution is 6.35. The summed E-state index contributed by atoms with van der Waals surface area (Å²) in [6.07, 6.45) is 0.950. The Kier molecular flexibility index (Phi) is 2.34. The molecule has 1 nitrogen and oxygen atoms in total. The molecular weight excluding hydrogens is 194 g/mol. The number of hydrogen-bond donors (Lipinski definition) is 1. The van der Waals surface area contributed by atoms with Crippen LogP contribution in [0.5, 0.6) is 0 Å². The molecule has 2 heteroatoms. The van der Waals surface area contributed by atoms with Gasteiger partial charge in [-0.1, -0.05) is 30.7 Å². The average Bonchev–Trinajstić information content (AvgIpc) is 2.16. The van der Waals surface area contributed by atoms with E-state index in [0.717, 1.165) is 27.9 Å². The lowest BCUT2D eigenvalue weighted by molar-refractivity contribution is 1.16. The Balaban J connectivity index is 2.88. The lowest BCUT2D eigenvalue weighted by atomic mass is 10.0. The van der Waals surface area contributed by atoms with Crippen LogP contribution in [0, 0.1) is 0 Å². The summed E-state index contributed by atoms with van der Waals surface area (Å²) < 4.78 is 0. The van der Waals surface area contributed by atoms with Crippen molar-refractivity contribution >= 4 is 28.1 Å². The van der Waals surface area contributed by atoms with Gasteiger partial charge in [-0.2, -0.15) is 0 Å². The summed E-state index contributed by atoms with van der Waals surface area (Å²) in [5.74, 6) is 0. The van der Waals surface area contributed by atoms with E-state index in [1.165, 1.54) is 5.56 Å². The van der Waals surface area contributed by atoms with Crippen molar-refractivity contribution < 1.29 is 0 Å². The molecule has 0 aliphatic rings. The summed E-state index contributed by atoms with van der Waals surface area (Å²) in [5.41, 5.74) is 7.82. The number of aryl methyl sites for hydroxylation is 1. The molecule has 0 unspecified atom stereocenters. The van der Waals surface area contributed by atoms with E-state index in [2.05, 4.69) is 6.92 Å². The topological polar surface area (TPSA) is 26.0 Å². The van der Waals surface area contributed by atoms with Gasteiger partial charge in [-0.25, -0.2) is 0 Å². The third-order valence-electron chi connectivity index (χ3n) is 2.41. The predicted molar refractivity (Wildman–Crippen MR) is 62.7 cm³/mol. The van der Waals surface area contributed by atoms with Crippen LogP contribution in [0.2, 0.25) is 5.02 Å². The Hall–Kier alpha value is -1.21. The maximum absolute atomic E-state index is 6.15. The standard InChI is InChI=1S/C12H12ClN/c1-2-8-6-10(14)7-9-4-3-5-11(13)12(8)9/h3-7H,2,14H2,1H3. The first-order valence-electron chi connectivity index (χ1n) is 4.69. The van der Waals surface area contributed by atoms with Gasteiger partial charge in [0.05, 0.1) is 0 Å². The fourth-order valence-electron chi connectivity index (χ4n) is 1.77. The van der Waals surface area contributed by atoms with Crippen LogP contribution in [0.1, 0.15) is 12.5 Å². The van der Waals surface area contributed by atoms with Crippen LogP contribution < -0.4 is 5.73 Å². The zero-order valence-corrected chi connectivity index (χ0v) is 8.81. The maximum atomic E-state index is 6.15. The third kappa shape index (κ3) is 1.44. The summed E-state index contributed by atoms with van der Waals surface area (Å²) >= 11 is 6.15. The minimum absolute atomic E-state index is 0.802. The number of nitrogens with two attached hydrogens (primary N) is 1. The molecule has 0 aliphatic carbocycles. The first-order valence-corrected chi connectivity index (χ1v) is 5.06. The number of rotatable bonds is 1. The summed E-state index contributed by atoms with van der Waals surface area (Å²) in [6.45, 7) is 2.11. The molecule has 2 rings (SSSR count). The van der Waals surface area contributed by atoms with Gasteiger partial charge >= 0.3 is 0 Å². The van der Waals surface area contributed by atoms with Crippen molar-refractivity contribution in [3.63, 3.8) is 0 Å². The van der Waals surface area contributed by atoms with Gasteiger partial charge in [0, 0.05) is 16.1 Å². The van der Waals surface area contributed by atoms with Gasteiger partial charge in [0.25, 0.3) is 0 Å². The van der Waals surface area contributed by atoms with Gasteiger partial charge in [0.2, 0.25) is 0 Å². The summed E-state index contributed by atoms with van der Waals surface area (Å²) in [4.78, 5) is 0. The molecule has 14 heavy (non-hydrogen) atoms. The summed E-state index contributed by atoms with van der Waals surface area (Å²) in [7, 11) is 0. The quantitative estimate of drug-likeness (QED) is 0.707. The second-order valence-electron chi connectivity index (χ2n) is 3.37. The zero-order valence-electron chi connectivity index (χ0n) is 8.05. The van der Waals surface area contributed by atoms with E-state index >= 15 is 0 Å². The SMILES string of the molecule is CCc1cc(N)cc2cccc(Cl)c12. The normalized spacial score (nSPS) is 10.7. The number of halogens is 1. The number of benzene rings is 2. The zero-order chi connectivity index (χ0) is 10.1. The molecule has 0 saturated heterocycles.